The summed E-state index contributed by atoms with van der Waals surface area (Å²) in [5, 5.41) is 8.14. The quantitative estimate of drug-likeness (QED) is 0.847. The predicted molar refractivity (Wildman–Crippen MR) is 101 cm³/mol. The van der Waals surface area contributed by atoms with Crippen LogP contribution >= 0.6 is 0 Å². The van der Waals surface area contributed by atoms with Gasteiger partial charge in [-0.2, -0.15) is 5.10 Å². The van der Waals surface area contributed by atoms with Gasteiger partial charge in [-0.3, -0.25) is 14.6 Å². The molecule has 3 heterocycles. The highest BCUT2D eigenvalue weighted by molar-refractivity contribution is 5.21. The summed E-state index contributed by atoms with van der Waals surface area (Å²) in [4.78, 5) is 6.95. The van der Waals surface area contributed by atoms with E-state index in [9.17, 15) is 0 Å². The molecule has 1 aliphatic carbocycles. The summed E-state index contributed by atoms with van der Waals surface area (Å²) in [7, 11) is 4.19. The summed E-state index contributed by atoms with van der Waals surface area (Å²) in [6, 6.07) is 7.15. The standard InChI is InChI=1S/C20H29N5O/c1-24-12-13-26-19(20(24)18-9-11-23-25(18)2)14-22-16-6-5-15-4-3-10-21-17(15)8-7-16/h3-4,9-11,16,19-20,22H,5-8,12-14H2,1-2H3/t16?,19-,20-/m0/s1. The van der Waals surface area contributed by atoms with E-state index in [0.717, 1.165) is 45.4 Å². The summed E-state index contributed by atoms with van der Waals surface area (Å²) in [6.45, 7) is 2.61. The fourth-order valence-electron chi connectivity index (χ4n) is 4.32. The second kappa shape index (κ2) is 7.86. The van der Waals surface area contributed by atoms with Gasteiger partial charge in [0.1, 0.15) is 0 Å². The highest BCUT2D eigenvalue weighted by Crippen LogP contribution is 2.28. The zero-order valence-electron chi connectivity index (χ0n) is 15.8. The fraction of sp³-hybridized carbons (Fsp3) is 0.600. The smallest absolute Gasteiger partial charge is 0.0911 e. The Balaban J connectivity index is 1.39. The lowest BCUT2D eigenvalue weighted by Gasteiger charge is -2.39. The number of likely N-dealkylation sites (N-methyl/N-ethyl adjacent to an activating group) is 1. The maximum Gasteiger partial charge on any atom is 0.0911 e. The van der Waals surface area contributed by atoms with Gasteiger partial charge < -0.3 is 10.1 Å². The van der Waals surface area contributed by atoms with Crippen molar-refractivity contribution in [2.45, 2.75) is 43.9 Å². The lowest BCUT2D eigenvalue weighted by Crippen LogP contribution is -2.49. The number of nitrogens with one attached hydrogen (secondary N) is 1. The highest BCUT2D eigenvalue weighted by Gasteiger charge is 2.33. The molecule has 140 valence electrons. The van der Waals surface area contributed by atoms with E-state index >= 15 is 0 Å². The SMILES string of the molecule is CN1CCO[C@@H](CNC2CCc3cccnc3CC2)[C@@H]1c1ccnn1C. The molecule has 2 aromatic heterocycles. The minimum Gasteiger partial charge on any atom is -0.374 e. The fourth-order valence-corrected chi connectivity index (χ4v) is 4.32. The number of aryl methyl sites for hydroxylation is 3. The maximum atomic E-state index is 6.17. The first kappa shape index (κ1) is 17.6. The molecule has 6 heteroatoms. The number of hydrogen-bond donors (Lipinski definition) is 1. The second-order valence-corrected chi connectivity index (χ2v) is 7.51. The summed E-state index contributed by atoms with van der Waals surface area (Å²) in [6.07, 6.45) is 8.41. The van der Waals surface area contributed by atoms with E-state index < -0.39 is 0 Å². The van der Waals surface area contributed by atoms with Crippen molar-refractivity contribution >= 4 is 0 Å². The Morgan fingerprint density at radius 3 is 2.92 bits per heavy atom. The molecule has 0 amide bonds. The Kier molecular flexibility index (Phi) is 5.33. The van der Waals surface area contributed by atoms with Crippen LogP contribution in [0.25, 0.3) is 0 Å². The molecule has 2 aromatic rings. The van der Waals surface area contributed by atoms with Crippen LogP contribution in [0.3, 0.4) is 0 Å². The first-order valence-electron chi connectivity index (χ1n) is 9.68. The Morgan fingerprint density at radius 1 is 1.19 bits per heavy atom. The van der Waals surface area contributed by atoms with Crippen LogP contribution in [0.4, 0.5) is 0 Å². The number of morpholine rings is 1. The molecule has 1 N–H and O–H groups in total. The summed E-state index contributed by atoms with van der Waals surface area (Å²) in [5.74, 6) is 0. The molecular formula is C20H29N5O. The number of aromatic nitrogens is 3. The third-order valence-electron chi connectivity index (χ3n) is 5.85. The molecule has 1 unspecified atom stereocenters. The lowest BCUT2D eigenvalue weighted by atomic mass is 10.0. The van der Waals surface area contributed by atoms with Crippen LogP contribution in [0, 0.1) is 0 Å². The van der Waals surface area contributed by atoms with Gasteiger partial charge in [0, 0.05) is 44.3 Å². The van der Waals surface area contributed by atoms with E-state index in [1.165, 1.54) is 17.0 Å². The number of pyridine rings is 1. The molecule has 0 bridgehead atoms. The van der Waals surface area contributed by atoms with Crippen molar-refractivity contribution < 1.29 is 4.74 Å². The second-order valence-electron chi connectivity index (χ2n) is 7.51. The van der Waals surface area contributed by atoms with E-state index in [-0.39, 0.29) is 12.1 Å². The topological polar surface area (TPSA) is 55.2 Å². The van der Waals surface area contributed by atoms with E-state index in [0.29, 0.717) is 6.04 Å². The van der Waals surface area contributed by atoms with Crippen molar-refractivity contribution in [3.05, 3.63) is 47.5 Å². The predicted octanol–water partition coefficient (Wildman–Crippen LogP) is 1.72. The third kappa shape index (κ3) is 3.68. The van der Waals surface area contributed by atoms with Crippen LogP contribution in [0.5, 0.6) is 0 Å². The number of ether oxygens (including phenoxy) is 1. The van der Waals surface area contributed by atoms with Gasteiger partial charge >= 0.3 is 0 Å². The average molecular weight is 355 g/mol. The van der Waals surface area contributed by atoms with Crippen LogP contribution in [0.15, 0.2) is 30.6 Å². The summed E-state index contributed by atoms with van der Waals surface area (Å²) < 4.78 is 8.14. The molecule has 2 aliphatic rings. The Hall–Kier alpha value is -1.76. The Labute approximate surface area is 155 Å². The van der Waals surface area contributed by atoms with E-state index in [2.05, 4.69) is 45.5 Å². The first-order valence-corrected chi connectivity index (χ1v) is 9.68. The van der Waals surface area contributed by atoms with E-state index in [4.69, 9.17) is 4.74 Å². The number of fused-ring (bicyclic) bond motifs is 1. The third-order valence-corrected chi connectivity index (χ3v) is 5.85. The zero-order chi connectivity index (χ0) is 17.9. The average Bonchev–Trinajstić information content (AvgIpc) is 2.96. The van der Waals surface area contributed by atoms with Gasteiger partial charge in [0.05, 0.1) is 24.4 Å². The van der Waals surface area contributed by atoms with Crippen molar-refractivity contribution in [2.75, 3.05) is 26.7 Å². The van der Waals surface area contributed by atoms with Crippen molar-refractivity contribution in [1.82, 2.24) is 25.0 Å². The van der Waals surface area contributed by atoms with E-state index in [1.807, 2.05) is 24.1 Å². The molecular weight excluding hydrogens is 326 g/mol. The highest BCUT2D eigenvalue weighted by atomic mass is 16.5. The van der Waals surface area contributed by atoms with Crippen LogP contribution in [-0.2, 0) is 24.6 Å². The number of hydrogen-bond acceptors (Lipinski definition) is 5. The Morgan fingerprint density at radius 2 is 2.08 bits per heavy atom. The molecule has 1 fully saturated rings. The molecule has 0 radical (unpaired) electrons. The molecule has 0 aromatic carbocycles. The maximum absolute atomic E-state index is 6.17. The summed E-state index contributed by atoms with van der Waals surface area (Å²) in [5.41, 5.74) is 3.91. The van der Waals surface area contributed by atoms with Crippen molar-refractivity contribution in [1.29, 1.82) is 0 Å². The molecule has 4 rings (SSSR count). The monoisotopic (exact) mass is 355 g/mol. The summed E-state index contributed by atoms with van der Waals surface area (Å²) >= 11 is 0. The molecule has 0 spiro atoms. The van der Waals surface area contributed by atoms with Gasteiger partial charge in [-0.1, -0.05) is 6.07 Å². The van der Waals surface area contributed by atoms with Gasteiger partial charge in [0.15, 0.2) is 0 Å². The molecule has 6 nitrogen and oxygen atoms in total. The largest absolute Gasteiger partial charge is 0.374 e. The van der Waals surface area contributed by atoms with Gasteiger partial charge in [-0.25, -0.2) is 0 Å². The van der Waals surface area contributed by atoms with Crippen LogP contribution in [-0.4, -0.2) is 58.6 Å². The molecule has 26 heavy (non-hydrogen) atoms. The van der Waals surface area contributed by atoms with Crippen molar-refractivity contribution in [2.24, 2.45) is 7.05 Å². The van der Waals surface area contributed by atoms with Gasteiger partial charge in [0.2, 0.25) is 0 Å². The molecule has 1 aliphatic heterocycles. The lowest BCUT2D eigenvalue weighted by molar-refractivity contribution is -0.0648. The normalized spacial score (nSPS) is 27.1. The molecule has 1 saturated heterocycles. The van der Waals surface area contributed by atoms with Gasteiger partial charge in [0.25, 0.3) is 0 Å². The minimum atomic E-state index is 0.146. The molecule has 3 atom stereocenters. The minimum absolute atomic E-state index is 0.146. The molecule has 0 saturated carbocycles. The Bertz CT molecular complexity index is 703. The van der Waals surface area contributed by atoms with Gasteiger partial charge in [-0.15, -0.1) is 0 Å². The van der Waals surface area contributed by atoms with Crippen LogP contribution in [0.2, 0.25) is 0 Å². The first-order chi connectivity index (χ1) is 12.7. The number of nitrogens with zero attached hydrogens (tertiary/aromatic N) is 4. The van der Waals surface area contributed by atoms with Crippen molar-refractivity contribution in [3.8, 4) is 0 Å². The van der Waals surface area contributed by atoms with Gasteiger partial charge in [-0.05, 0) is 50.4 Å². The van der Waals surface area contributed by atoms with Crippen LogP contribution < -0.4 is 5.32 Å². The van der Waals surface area contributed by atoms with Crippen molar-refractivity contribution in [3.63, 3.8) is 0 Å². The van der Waals surface area contributed by atoms with E-state index in [1.54, 1.807) is 0 Å². The number of rotatable bonds is 4. The zero-order valence-corrected chi connectivity index (χ0v) is 15.8. The van der Waals surface area contributed by atoms with Crippen LogP contribution in [0.1, 0.15) is 35.8 Å².